The maximum Gasteiger partial charge on any atom is 0.115 e. The zero-order valence-corrected chi connectivity index (χ0v) is 6.36. The van der Waals surface area contributed by atoms with Crippen LogP contribution in [0.15, 0.2) is 24.5 Å². The zero-order chi connectivity index (χ0) is 7.94. The Morgan fingerprint density at radius 1 is 1.55 bits per heavy atom. The summed E-state index contributed by atoms with van der Waals surface area (Å²) in [6, 6.07) is 3.97. The molecule has 11 heavy (non-hydrogen) atoms. The molecule has 58 valence electrons. The van der Waals surface area contributed by atoms with E-state index in [1.54, 1.807) is 6.20 Å². The molecule has 1 aromatic heterocycles. The van der Waals surface area contributed by atoms with Crippen molar-refractivity contribution in [3.05, 3.63) is 37.2 Å². The summed E-state index contributed by atoms with van der Waals surface area (Å²) in [6.45, 7) is 0.606. The SMILES string of the molecule is [CH]OCCCc1cccnc1. The number of aromatic nitrogens is 1. The molecule has 1 rings (SSSR count). The minimum Gasteiger partial charge on any atom is -0.373 e. The molecular weight excluding hydrogens is 138 g/mol. The van der Waals surface area contributed by atoms with Gasteiger partial charge >= 0.3 is 0 Å². The Kier molecular flexibility index (Phi) is 3.62. The number of ether oxygens (including phenoxy) is 1. The molecule has 0 bridgehead atoms. The molecule has 0 aliphatic rings. The van der Waals surface area contributed by atoms with E-state index in [-0.39, 0.29) is 0 Å². The van der Waals surface area contributed by atoms with Crippen molar-refractivity contribution in [1.29, 1.82) is 0 Å². The molecule has 0 amide bonds. The van der Waals surface area contributed by atoms with Crippen molar-refractivity contribution >= 4 is 0 Å². The molecule has 1 heterocycles. The van der Waals surface area contributed by atoms with E-state index in [0.29, 0.717) is 6.61 Å². The van der Waals surface area contributed by atoms with E-state index in [4.69, 9.17) is 7.11 Å². The molecule has 2 radical (unpaired) electrons. The topological polar surface area (TPSA) is 22.1 Å². The van der Waals surface area contributed by atoms with Gasteiger partial charge in [-0.05, 0) is 24.5 Å². The number of pyridine rings is 1. The van der Waals surface area contributed by atoms with Crippen LogP contribution in [0.4, 0.5) is 0 Å². The highest BCUT2D eigenvalue weighted by Gasteiger charge is 1.90. The summed E-state index contributed by atoms with van der Waals surface area (Å²) in [6.07, 6.45) is 5.55. The molecule has 0 aliphatic carbocycles. The number of aryl methyl sites for hydroxylation is 1. The van der Waals surface area contributed by atoms with Gasteiger partial charge in [0.25, 0.3) is 0 Å². The van der Waals surface area contributed by atoms with E-state index < -0.39 is 0 Å². The summed E-state index contributed by atoms with van der Waals surface area (Å²) < 4.78 is 4.44. The summed E-state index contributed by atoms with van der Waals surface area (Å²) in [7, 11) is 4.88. The van der Waals surface area contributed by atoms with Crippen LogP contribution >= 0.6 is 0 Å². The van der Waals surface area contributed by atoms with Crippen molar-refractivity contribution in [2.75, 3.05) is 6.61 Å². The molecule has 0 spiro atoms. The third-order valence-electron chi connectivity index (χ3n) is 1.45. The first kappa shape index (κ1) is 8.21. The smallest absolute Gasteiger partial charge is 0.115 e. The Hall–Kier alpha value is -0.890. The standard InChI is InChI=1S/C9H11NO/c1-11-7-3-5-9-4-2-6-10-8-9/h1-2,4,6,8H,3,5,7H2. The molecule has 1 aromatic rings. The Labute approximate surface area is 67.2 Å². The van der Waals surface area contributed by atoms with Crippen molar-refractivity contribution in [1.82, 2.24) is 4.98 Å². The fourth-order valence-electron chi connectivity index (χ4n) is 0.906. The first-order chi connectivity index (χ1) is 5.43. The summed E-state index contributed by atoms with van der Waals surface area (Å²) in [5, 5.41) is 0. The van der Waals surface area contributed by atoms with Crippen LogP contribution in [0.2, 0.25) is 0 Å². The minimum absolute atomic E-state index is 0.606. The van der Waals surface area contributed by atoms with Crippen LogP contribution < -0.4 is 0 Å². The van der Waals surface area contributed by atoms with Crippen molar-refractivity contribution in [2.24, 2.45) is 0 Å². The maximum atomic E-state index is 4.88. The van der Waals surface area contributed by atoms with Crippen molar-refractivity contribution < 1.29 is 4.74 Å². The van der Waals surface area contributed by atoms with Crippen LogP contribution in [0.5, 0.6) is 0 Å². The second kappa shape index (κ2) is 4.85. The first-order valence-corrected chi connectivity index (χ1v) is 3.64. The Morgan fingerprint density at radius 3 is 3.09 bits per heavy atom. The van der Waals surface area contributed by atoms with Gasteiger partial charge in [-0.15, -0.1) is 0 Å². The molecule has 2 nitrogen and oxygen atoms in total. The number of nitrogens with zero attached hydrogens (tertiary/aromatic N) is 1. The second-order valence-electron chi connectivity index (χ2n) is 2.34. The molecule has 0 aromatic carbocycles. The van der Waals surface area contributed by atoms with Crippen LogP contribution in [0.1, 0.15) is 12.0 Å². The average Bonchev–Trinajstić information content (AvgIpc) is 2.07. The summed E-state index contributed by atoms with van der Waals surface area (Å²) >= 11 is 0. The highest BCUT2D eigenvalue weighted by molar-refractivity contribution is 5.08. The Bertz CT molecular complexity index is 186. The molecule has 0 aliphatic heterocycles. The van der Waals surface area contributed by atoms with Crippen molar-refractivity contribution in [2.45, 2.75) is 12.8 Å². The third kappa shape index (κ3) is 3.14. The first-order valence-electron chi connectivity index (χ1n) is 3.64. The predicted octanol–water partition coefficient (Wildman–Crippen LogP) is 1.70. The fourth-order valence-corrected chi connectivity index (χ4v) is 0.906. The molecular formula is C9H11NO. The number of hydrogen-bond donors (Lipinski definition) is 0. The van der Waals surface area contributed by atoms with Crippen molar-refractivity contribution in [3.8, 4) is 0 Å². The maximum absolute atomic E-state index is 4.88. The van der Waals surface area contributed by atoms with Gasteiger partial charge in [-0.2, -0.15) is 0 Å². The lowest BCUT2D eigenvalue weighted by molar-refractivity contribution is 0.237. The van der Waals surface area contributed by atoms with Gasteiger partial charge in [0.15, 0.2) is 0 Å². The van der Waals surface area contributed by atoms with Crippen LogP contribution in [0.3, 0.4) is 0 Å². The van der Waals surface area contributed by atoms with Crippen LogP contribution in [-0.2, 0) is 11.2 Å². The van der Waals surface area contributed by atoms with E-state index in [1.165, 1.54) is 5.56 Å². The molecule has 0 fully saturated rings. The molecule has 0 atom stereocenters. The molecule has 0 saturated carbocycles. The predicted molar refractivity (Wildman–Crippen MR) is 42.8 cm³/mol. The van der Waals surface area contributed by atoms with E-state index in [0.717, 1.165) is 12.8 Å². The van der Waals surface area contributed by atoms with Crippen molar-refractivity contribution in [3.63, 3.8) is 0 Å². The van der Waals surface area contributed by atoms with Gasteiger partial charge in [0.1, 0.15) is 7.11 Å². The lowest BCUT2D eigenvalue weighted by Gasteiger charge is -1.98. The highest BCUT2D eigenvalue weighted by atomic mass is 16.5. The van der Waals surface area contributed by atoms with E-state index in [1.807, 2.05) is 18.3 Å². The Balaban J connectivity index is 2.28. The van der Waals surface area contributed by atoms with Gasteiger partial charge in [-0.1, -0.05) is 6.07 Å². The van der Waals surface area contributed by atoms with Gasteiger partial charge < -0.3 is 4.74 Å². The zero-order valence-electron chi connectivity index (χ0n) is 6.36. The third-order valence-corrected chi connectivity index (χ3v) is 1.45. The number of hydrogen-bond acceptors (Lipinski definition) is 2. The van der Waals surface area contributed by atoms with Gasteiger partial charge in [-0.25, -0.2) is 0 Å². The normalized spacial score (nSPS) is 9.91. The quantitative estimate of drug-likeness (QED) is 0.608. The lowest BCUT2D eigenvalue weighted by Crippen LogP contribution is -1.91. The van der Waals surface area contributed by atoms with Crippen LogP contribution in [0, 0.1) is 7.11 Å². The average molecular weight is 149 g/mol. The van der Waals surface area contributed by atoms with Crippen LogP contribution in [0.25, 0.3) is 0 Å². The highest BCUT2D eigenvalue weighted by Crippen LogP contribution is 1.99. The van der Waals surface area contributed by atoms with Gasteiger partial charge in [0.05, 0.1) is 0 Å². The van der Waals surface area contributed by atoms with Gasteiger partial charge in [0, 0.05) is 19.0 Å². The summed E-state index contributed by atoms with van der Waals surface area (Å²) in [5.74, 6) is 0. The fraction of sp³-hybridized carbons (Fsp3) is 0.333. The Morgan fingerprint density at radius 2 is 2.45 bits per heavy atom. The molecule has 0 saturated heterocycles. The molecule has 2 heteroatoms. The monoisotopic (exact) mass is 149 g/mol. The minimum atomic E-state index is 0.606. The van der Waals surface area contributed by atoms with Gasteiger partial charge in [-0.3, -0.25) is 4.98 Å². The van der Waals surface area contributed by atoms with Gasteiger partial charge in [0.2, 0.25) is 0 Å². The van der Waals surface area contributed by atoms with Crippen LogP contribution in [-0.4, -0.2) is 11.6 Å². The van der Waals surface area contributed by atoms with E-state index >= 15 is 0 Å². The van der Waals surface area contributed by atoms with E-state index in [2.05, 4.69) is 9.72 Å². The largest absolute Gasteiger partial charge is 0.373 e. The molecule has 0 N–H and O–H groups in total. The summed E-state index contributed by atoms with van der Waals surface area (Å²) in [5.41, 5.74) is 1.23. The van der Waals surface area contributed by atoms with E-state index in [9.17, 15) is 0 Å². The summed E-state index contributed by atoms with van der Waals surface area (Å²) in [4.78, 5) is 3.99. The molecule has 0 unspecified atom stereocenters. The second-order valence-corrected chi connectivity index (χ2v) is 2.34. The number of rotatable bonds is 4. The lowest BCUT2D eigenvalue weighted by atomic mass is 10.2.